The van der Waals surface area contributed by atoms with E-state index in [1.165, 1.54) is 10.8 Å². The number of nitriles is 1. The maximum Gasteiger partial charge on any atom is 0.145 e. The highest BCUT2D eigenvalue weighted by molar-refractivity contribution is 6.24. The fraction of sp³-hybridized carbons (Fsp3) is 0. The lowest BCUT2D eigenvalue weighted by Gasteiger charge is -2.16. The van der Waals surface area contributed by atoms with Crippen LogP contribution in [-0.4, -0.2) is 9.13 Å². The Morgan fingerprint density at radius 2 is 1.04 bits per heavy atom. The molecule has 0 unspecified atom stereocenters. The van der Waals surface area contributed by atoms with Gasteiger partial charge in [0.15, 0.2) is 0 Å². The third-order valence-electron chi connectivity index (χ3n) is 9.54. The van der Waals surface area contributed by atoms with Crippen LogP contribution < -0.4 is 0 Å². The van der Waals surface area contributed by atoms with Gasteiger partial charge in [0.1, 0.15) is 11.2 Å². The van der Waals surface area contributed by atoms with Crippen LogP contribution >= 0.6 is 0 Å². The van der Waals surface area contributed by atoms with Crippen molar-refractivity contribution in [3.05, 3.63) is 157 Å². The summed E-state index contributed by atoms with van der Waals surface area (Å²) in [7, 11) is 0. The molecule has 0 bridgehead atoms. The maximum atomic E-state index is 10.1. The monoisotopic (exact) mass is 625 g/mol. The predicted molar refractivity (Wildman–Crippen MR) is 220 cm³/mol. The Morgan fingerprint density at radius 3 is 1.74 bits per heavy atom. The van der Waals surface area contributed by atoms with E-state index in [4.69, 9.17) is 4.42 Å². The molecule has 10 aromatic rings. The summed E-state index contributed by atoms with van der Waals surface area (Å²) in [4.78, 5) is 0. The molecule has 0 aliphatic carbocycles. The average Bonchev–Trinajstić information content (AvgIpc) is 3.79. The second-order valence-electron chi connectivity index (χ2n) is 12.1. The average molecular weight is 626 g/mol. The van der Waals surface area contributed by atoms with Gasteiger partial charge in [-0.3, -0.25) is 0 Å². The van der Waals surface area contributed by atoms with Gasteiger partial charge < -0.3 is 13.6 Å². The van der Waals surface area contributed by atoms with Gasteiger partial charge in [0, 0.05) is 56.9 Å². The van der Waals surface area contributed by atoms with Crippen LogP contribution in [-0.2, 0) is 0 Å². The van der Waals surface area contributed by atoms with Crippen molar-refractivity contribution in [2.45, 2.75) is 0 Å². The third-order valence-corrected chi connectivity index (χ3v) is 9.54. The predicted octanol–water partition coefficient (Wildman–Crippen LogP) is 14.5. The lowest BCUT2D eigenvalue weighted by molar-refractivity contribution is 0.673. The lowest BCUT2D eigenvalue weighted by Crippen LogP contribution is -2.00. The first kappa shape index (κ1) is 25.7. The zero-order chi connectivity index (χ0) is 31.1. The van der Waals surface area contributed by atoms with Crippen molar-refractivity contribution in [3.8, 4) is 28.6 Å². The van der Waals surface area contributed by atoms with Crippen LogP contribution in [0.1, 0.15) is 24.1 Å². The smallest absolute Gasteiger partial charge is 0.145 e. The molecule has 10 rings (SSSR count). The SMILES string of the molecule is N#Cc1ccccc1-c1cc(-n2c3ccccc3c3ccccc32)cc(-n2c3ccccc3c3c4oc5ccccc5c4ccc32)c1.[HH].[HH].[HH].[HH].[HH].[HH].[HH].[HH].[HH].[HH].[HH].[HH].[HH]. The standard InChI is InChI=1S/C43H25N3O.13H2/c44-26-27-11-1-2-12-31(27)28-23-29(45-37-17-7-3-13-32(37)33-14-4-8-18-38(33)45)25-30(24-28)46-39-19-9-5-16-36(39)42-40(46)22-21-35-34-15-6-10-20-41(34)47-43(35)42;;;;;;;;;;;;;/h1-25H;13*1H. The summed E-state index contributed by atoms with van der Waals surface area (Å²) in [6.07, 6.45) is 0. The molecule has 0 aliphatic rings. The minimum atomic E-state index is 0. The molecule has 47 heavy (non-hydrogen) atoms. The summed E-state index contributed by atoms with van der Waals surface area (Å²) >= 11 is 0. The van der Waals surface area contributed by atoms with Gasteiger partial charge in [0.25, 0.3) is 0 Å². The van der Waals surface area contributed by atoms with Crippen LogP contribution in [0.2, 0.25) is 0 Å². The first-order chi connectivity index (χ1) is 23.3. The molecule has 4 nitrogen and oxygen atoms in total. The Bertz CT molecular complexity index is 2920. The van der Waals surface area contributed by atoms with E-state index in [9.17, 15) is 5.26 Å². The minimum Gasteiger partial charge on any atom is -0.455 e. The van der Waals surface area contributed by atoms with E-state index in [2.05, 4.69) is 130 Å². The number of fused-ring (bicyclic) bond motifs is 10. The third kappa shape index (κ3) is 3.63. The van der Waals surface area contributed by atoms with Gasteiger partial charge in [0.05, 0.1) is 39.1 Å². The normalized spacial score (nSPS) is 11.8. The number of hydrogen-bond acceptors (Lipinski definition) is 2. The van der Waals surface area contributed by atoms with Gasteiger partial charge in [-0.05, 0) is 71.8 Å². The van der Waals surface area contributed by atoms with Gasteiger partial charge >= 0.3 is 0 Å². The van der Waals surface area contributed by atoms with Crippen LogP contribution in [0.15, 0.2) is 156 Å². The molecule has 0 saturated carbocycles. The number of rotatable bonds is 3. The molecule has 0 saturated heterocycles. The van der Waals surface area contributed by atoms with E-state index in [1.54, 1.807) is 0 Å². The summed E-state index contributed by atoms with van der Waals surface area (Å²) in [5.41, 5.74) is 10.8. The lowest BCUT2D eigenvalue weighted by atomic mass is 9.99. The molecule has 3 heterocycles. The molecule has 0 amide bonds. The second-order valence-corrected chi connectivity index (χ2v) is 12.1. The fourth-order valence-corrected chi connectivity index (χ4v) is 7.55. The molecule has 0 spiro atoms. The van der Waals surface area contributed by atoms with Gasteiger partial charge in [0.2, 0.25) is 0 Å². The van der Waals surface area contributed by atoms with E-state index in [1.807, 2.05) is 36.4 Å². The summed E-state index contributed by atoms with van der Waals surface area (Å²) in [6.45, 7) is 0. The topological polar surface area (TPSA) is 46.8 Å². The molecule has 244 valence electrons. The first-order valence-corrected chi connectivity index (χ1v) is 15.8. The number of nitrogens with zero attached hydrogens (tertiary/aromatic N) is 3. The highest BCUT2D eigenvalue weighted by atomic mass is 16.3. The Balaban J connectivity index is -0.00000121. The van der Waals surface area contributed by atoms with E-state index >= 15 is 0 Å². The Morgan fingerprint density at radius 1 is 0.489 bits per heavy atom. The zero-order valence-corrected chi connectivity index (χ0v) is 25.2. The number of aromatic nitrogens is 2. The van der Waals surface area contributed by atoms with Crippen molar-refractivity contribution in [2.75, 3.05) is 0 Å². The van der Waals surface area contributed by atoms with E-state index in [0.29, 0.717) is 5.56 Å². The first-order valence-electron chi connectivity index (χ1n) is 15.8. The molecule has 0 aliphatic heterocycles. The van der Waals surface area contributed by atoms with Crippen molar-refractivity contribution >= 4 is 65.6 Å². The molecule has 0 N–H and O–H groups in total. The number of furan rings is 1. The van der Waals surface area contributed by atoms with Crippen LogP contribution in [0, 0.1) is 11.3 Å². The minimum absolute atomic E-state index is 0. The number of para-hydroxylation sites is 4. The summed E-state index contributed by atoms with van der Waals surface area (Å²) in [5.74, 6) is 0. The van der Waals surface area contributed by atoms with Crippen LogP contribution in [0.4, 0.5) is 0 Å². The summed E-state index contributed by atoms with van der Waals surface area (Å²) in [6, 6.07) is 55.3. The quantitative estimate of drug-likeness (QED) is 0.196. The Labute approximate surface area is 288 Å². The van der Waals surface area contributed by atoms with Crippen molar-refractivity contribution in [3.63, 3.8) is 0 Å². The van der Waals surface area contributed by atoms with Crippen molar-refractivity contribution in [2.24, 2.45) is 0 Å². The largest absolute Gasteiger partial charge is 0.455 e. The Kier molecular flexibility index (Phi) is 5.32. The van der Waals surface area contributed by atoms with Crippen molar-refractivity contribution in [1.29, 1.82) is 5.26 Å². The molecule has 0 atom stereocenters. The molecule has 0 fully saturated rings. The highest BCUT2D eigenvalue weighted by Crippen LogP contribution is 2.42. The Hall–Kier alpha value is -6.57. The number of hydrogen-bond donors (Lipinski definition) is 0. The molecular formula is C43H51N3O. The van der Waals surface area contributed by atoms with Crippen LogP contribution in [0.25, 0.3) is 88.1 Å². The van der Waals surface area contributed by atoms with E-state index < -0.39 is 0 Å². The van der Waals surface area contributed by atoms with Gasteiger partial charge in [-0.15, -0.1) is 0 Å². The van der Waals surface area contributed by atoms with E-state index in [0.717, 1.165) is 77.3 Å². The molecule has 3 aromatic heterocycles. The van der Waals surface area contributed by atoms with Gasteiger partial charge in [-0.1, -0.05) is 91.0 Å². The van der Waals surface area contributed by atoms with Crippen LogP contribution in [0.5, 0.6) is 0 Å². The second kappa shape index (κ2) is 9.71. The molecule has 4 heteroatoms. The van der Waals surface area contributed by atoms with Crippen molar-refractivity contribution in [1.82, 2.24) is 9.13 Å². The highest BCUT2D eigenvalue weighted by Gasteiger charge is 2.21. The zero-order valence-electron chi connectivity index (χ0n) is 25.2. The fourth-order valence-electron chi connectivity index (χ4n) is 7.55. The van der Waals surface area contributed by atoms with Crippen molar-refractivity contribution < 1.29 is 23.0 Å². The summed E-state index contributed by atoms with van der Waals surface area (Å²) < 4.78 is 11.3. The molecule has 0 radical (unpaired) electrons. The summed E-state index contributed by atoms with van der Waals surface area (Å²) in [5, 5.41) is 17.0. The molecule has 7 aromatic carbocycles. The molecular weight excluding hydrogens is 574 g/mol. The van der Waals surface area contributed by atoms with Crippen LogP contribution in [0.3, 0.4) is 0 Å². The number of benzene rings is 7. The van der Waals surface area contributed by atoms with E-state index in [-0.39, 0.29) is 18.5 Å². The van der Waals surface area contributed by atoms with Gasteiger partial charge in [-0.2, -0.15) is 5.26 Å². The van der Waals surface area contributed by atoms with Gasteiger partial charge in [-0.25, -0.2) is 0 Å². The maximum absolute atomic E-state index is 10.1.